The molecule has 0 saturated heterocycles. The van der Waals surface area contributed by atoms with Gasteiger partial charge in [-0.25, -0.2) is 0 Å². The first-order valence-corrected chi connectivity index (χ1v) is 7.26. The minimum Gasteiger partial charge on any atom is -0.387 e. The van der Waals surface area contributed by atoms with E-state index in [1.807, 2.05) is 20.8 Å². The highest BCUT2D eigenvalue weighted by Gasteiger charge is 2.60. The molecule has 0 spiro atoms. The van der Waals surface area contributed by atoms with E-state index in [4.69, 9.17) is 4.74 Å². The zero-order chi connectivity index (χ0) is 14.5. The first-order valence-electron chi connectivity index (χ1n) is 7.26. The molecular weight excluding hydrogens is 242 g/mol. The topological polar surface area (TPSA) is 58.6 Å². The third-order valence-electron chi connectivity index (χ3n) is 5.28. The first-order chi connectivity index (χ1) is 8.64. The molecule has 0 aliphatic heterocycles. The van der Waals surface area contributed by atoms with Crippen LogP contribution in [0.3, 0.4) is 0 Å². The maximum absolute atomic E-state index is 12.0. The van der Waals surface area contributed by atoms with Gasteiger partial charge in [0.1, 0.15) is 0 Å². The smallest absolute Gasteiger partial charge is 0.223 e. The summed E-state index contributed by atoms with van der Waals surface area (Å²) in [5, 5.41) is 13.5. The Morgan fingerprint density at radius 1 is 1.32 bits per heavy atom. The average molecular weight is 269 g/mol. The second-order valence-electron chi connectivity index (χ2n) is 7.36. The maximum atomic E-state index is 12.0. The number of carbonyl (C=O) groups excluding carboxylic acids is 1. The molecule has 4 heteroatoms. The molecule has 3 atom stereocenters. The van der Waals surface area contributed by atoms with E-state index in [1.54, 1.807) is 0 Å². The van der Waals surface area contributed by atoms with Crippen LogP contribution in [-0.4, -0.2) is 35.9 Å². The predicted molar refractivity (Wildman–Crippen MR) is 73.7 cm³/mol. The molecule has 2 fully saturated rings. The number of hydrogen-bond donors (Lipinski definition) is 2. The van der Waals surface area contributed by atoms with Crippen LogP contribution in [0.15, 0.2) is 0 Å². The van der Waals surface area contributed by atoms with E-state index in [1.165, 1.54) is 0 Å². The molecular formula is C15H27NO3. The molecule has 4 nitrogen and oxygen atoms in total. The summed E-state index contributed by atoms with van der Waals surface area (Å²) in [6.45, 7) is 11.2. The van der Waals surface area contributed by atoms with Crippen molar-refractivity contribution in [2.75, 3.05) is 13.2 Å². The SMILES string of the molecule is CCO[C@H]1C[C@](O)(CNC(=O)[C@H]2CC2(C)C)C1(C)C. The molecule has 19 heavy (non-hydrogen) atoms. The number of rotatable bonds is 5. The maximum Gasteiger partial charge on any atom is 0.223 e. The summed E-state index contributed by atoms with van der Waals surface area (Å²) in [5.74, 6) is 0.191. The number of ether oxygens (including phenoxy) is 1. The predicted octanol–water partition coefficient (Wildman–Crippen LogP) is 1.71. The lowest BCUT2D eigenvalue weighted by molar-refractivity contribution is -0.238. The van der Waals surface area contributed by atoms with Crippen molar-refractivity contribution in [2.45, 2.75) is 59.2 Å². The van der Waals surface area contributed by atoms with Crippen LogP contribution in [0.2, 0.25) is 0 Å². The van der Waals surface area contributed by atoms with E-state index in [0.717, 1.165) is 6.42 Å². The molecule has 0 aromatic carbocycles. The van der Waals surface area contributed by atoms with Gasteiger partial charge in [-0.15, -0.1) is 0 Å². The quantitative estimate of drug-likeness (QED) is 0.799. The Morgan fingerprint density at radius 3 is 2.32 bits per heavy atom. The third-order valence-corrected chi connectivity index (χ3v) is 5.28. The number of aliphatic hydroxyl groups is 1. The Morgan fingerprint density at radius 2 is 1.89 bits per heavy atom. The Kier molecular flexibility index (Phi) is 3.47. The lowest BCUT2D eigenvalue weighted by Crippen LogP contribution is -2.68. The fraction of sp³-hybridized carbons (Fsp3) is 0.933. The normalized spacial score (nSPS) is 38.4. The number of nitrogens with one attached hydrogen (secondary N) is 1. The Bertz CT molecular complexity index is 378. The fourth-order valence-corrected chi connectivity index (χ4v) is 3.03. The van der Waals surface area contributed by atoms with Crippen molar-refractivity contribution in [3.8, 4) is 0 Å². The molecule has 2 aliphatic carbocycles. The van der Waals surface area contributed by atoms with Crippen molar-refractivity contribution in [1.29, 1.82) is 0 Å². The van der Waals surface area contributed by atoms with Gasteiger partial charge in [0.25, 0.3) is 0 Å². The van der Waals surface area contributed by atoms with E-state index in [-0.39, 0.29) is 28.8 Å². The molecule has 0 heterocycles. The van der Waals surface area contributed by atoms with Crippen LogP contribution >= 0.6 is 0 Å². The van der Waals surface area contributed by atoms with Crippen LogP contribution < -0.4 is 5.32 Å². The van der Waals surface area contributed by atoms with Crippen molar-refractivity contribution >= 4 is 5.91 Å². The summed E-state index contributed by atoms with van der Waals surface area (Å²) in [4.78, 5) is 12.0. The van der Waals surface area contributed by atoms with Crippen molar-refractivity contribution < 1.29 is 14.6 Å². The highest BCUT2D eigenvalue weighted by Crippen LogP contribution is 2.53. The van der Waals surface area contributed by atoms with Crippen molar-refractivity contribution in [3.63, 3.8) is 0 Å². The van der Waals surface area contributed by atoms with Crippen LogP contribution in [0.25, 0.3) is 0 Å². The van der Waals surface area contributed by atoms with Gasteiger partial charge < -0.3 is 15.2 Å². The van der Waals surface area contributed by atoms with Crippen LogP contribution in [0.4, 0.5) is 0 Å². The van der Waals surface area contributed by atoms with E-state index in [2.05, 4.69) is 19.2 Å². The van der Waals surface area contributed by atoms with Gasteiger partial charge in [0, 0.05) is 30.9 Å². The summed E-state index contributed by atoms with van der Waals surface area (Å²) >= 11 is 0. The van der Waals surface area contributed by atoms with Crippen LogP contribution in [-0.2, 0) is 9.53 Å². The molecule has 2 saturated carbocycles. The summed E-state index contributed by atoms with van der Waals surface area (Å²) in [6.07, 6.45) is 1.63. The second-order valence-corrected chi connectivity index (χ2v) is 7.36. The van der Waals surface area contributed by atoms with Crippen molar-refractivity contribution in [2.24, 2.45) is 16.7 Å². The minimum atomic E-state index is -0.846. The number of carbonyl (C=O) groups is 1. The standard InChI is InChI=1S/C15H27NO3/c1-6-19-11-8-15(18,14(11,4)5)9-16-12(17)10-7-13(10,2)3/h10-11,18H,6-9H2,1-5H3,(H,16,17)/t10-,11+,15+/m1/s1. The Labute approximate surface area is 115 Å². The molecule has 110 valence electrons. The van der Waals surface area contributed by atoms with Gasteiger partial charge in [0.05, 0.1) is 11.7 Å². The Balaban J connectivity index is 1.85. The van der Waals surface area contributed by atoms with Crippen LogP contribution in [0.1, 0.15) is 47.5 Å². The molecule has 2 rings (SSSR count). The van der Waals surface area contributed by atoms with Gasteiger partial charge in [-0.3, -0.25) is 4.79 Å². The second kappa shape index (κ2) is 4.45. The van der Waals surface area contributed by atoms with E-state index < -0.39 is 5.60 Å². The molecule has 0 aromatic rings. The monoisotopic (exact) mass is 269 g/mol. The van der Waals surface area contributed by atoms with Gasteiger partial charge >= 0.3 is 0 Å². The van der Waals surface area contributed by atoms with E-state index in [9.17, 15) is 9.90 Å². The average Bonchev–Trinajstić information content (AvgIpc) is 2.95. The summed E-state index contributed by atoms with van der Waals surface area (Å²) < 4.78 is 5.62. The highest BCUT2D eigenvalue weighted by atomic mass is 16.5. The molecule has 0 radical (unpaired) electrons. The lowest BCUT2D eigenvalue weighted by atomic mass is 9.56. The number of amides is 1. The summed E-state index contributed by atoms with van der Waals surface area (Å²) in [7, 11) is 0. The van der Waals surface area contributed by atoms with Gasteiger partial charge in [-0.05, 0) is 18.8 Å². The molecule has 0 bridgehead atoms. The van der Waals surface area contributed by atoms with E-state index in [0.29, 0.717) is 19.6 Å². The lowest BCUT2D eigenvalue weighted by Gasteiger charge is -2.58. The molecule has 1 amide bonds. The summed E-state index contributed by atoms with van der Waals surface area (Å²) in [6, 6.07) is 0. The third kappa shape index (κ3) is 2.40. The first kappa shape index (κ1) is 14.8. The zero-order valence-electron chi connectivity index (χ0n) is 12.7. The Hall–Kier alpha value is -0.610. The zero-order valence-corrected chi connectivity index (χ0v) is 12.7. The largest absolute Gasteiger partial charge is 0.387 e. The highest BCUT2D eigenvalue weighted by molar-refractivity contribution is 5.82. The molecule has 0 unspecified atom stereocenters. The van der Waals surface area contributed by atoms with Gasteiger partial charge in [0.15, 0.2) is 0 Å². The minimum absolute atomic E-state index is 0.0779. The molecule has 2 aliphatic rings. The fourth-order valence-electron chi connectivity index (χ4n) is 3.03. The van der Waals surface area contributed by atoms with Crippen molar-refractivity contribution in [1.82, 2.24) is 5.32 Å². The summed E-state index contributed by atoms with van der Waals surface area (Å²) in [5.41, 5.74) is -1.02. The van der Waals surface area contributed by atoms with Gasteiger partial charge in [-0.2, -0.15) is 0 Å². The molecule has 0 aromatic heterocycles. The van der Waals surface area contributed by atoms with Crippen LogP contribution in [0, 0.1) is 16.7 Å². The molecule has 2 N–H and O–H groups in total. The van der Waals surface area contributed by atoms with Gasteiger partial charge in [0.2, 0.25) is 5.91 Å². The number of hydrogen-bond acceptors (Lipinski definition) is 3. The van der Waals surface area contributed by atoms with Crippen LogP contribution in [0.5, 0.6) is 0 Å². The van der Waals surface area contributed by atoms with Crippen molar-refractivity contribution in [3.05, 3.63) is 0 Å². The van der Waals surface area contributed by atoms with Gasteiger partial charge in [-0.1, -0.05) is 27.7 Å². The van der Waals surface area contributed by atoms with E-state index >= 15 is 0 Å².